The third-order valence-electron chi connectivity index (χ3n) is 17.9. The van der Waals surface area contributed by atoms with Gasteiger partial charge in [0.1, 0.15) is 0 Å². The molecule has 1 heteroatoms. The SMILES string of the molecule is CC1(C)CCC(C)(C)c2cc(N(c3ccc4c(c3)C(C)(C)c3ccccc3-4)c3cc4c(cc3-c3cccc5ccccc35)-c3ccccc3C43C4CC5CC(C4)CC3C5)ccc21. The van der Waals surface area contributed by atoms with E-state index in [4.69, 9.17) is 0 Å². The van der Waals surface area contributed by atoms with E-state index in [1.54, 1.807) is 11.1 Å². The van der Waals surface area contributed by atoms with Gasteiger partial charge in [0.05, 0.1) is 5.69 Å². The Labute approximate surface area is 369 Å². The summed E-state index contributed by atoms with van der Waals surface area (Å²) in [4.78, 5) is 2.71. The summed E-state index contributed by atoms with van der Waals surface area (Å²) in [6.45, 7) is 14.7. The van der Waals surface area contributed by atoms with Crippen LogP contribution in [0.25, 0.3) is 44.2 Å². The van der Waals surface area contributed by atoms with Crippen molar-refractivity contribution in [1.82, 2.24) is 0 Å². The first-order valence-electron chi connectivity index (χ1n) is 23.9. The van der Waals surface area contributed by atoms with Gasteiger partial charge in [-0.3, -0.25) is 0 Å². The number of benzene rings is 7. The number of nitrogens with zero attached hydrogens (tertiary/aromatic N) is 1. The van der Waals surface area contributed by atoms with E-state index in [2.05, 4.69) is 186 Å². The fourth-order valence-electron chi connectivity index (χ4n) is 15.0. The van der Waals surface area contributed by atoms with Crippen molar-refractivity contribution in [2.75, 3.05) is 4.90 Å². The van der Waals surface area contributed by atoms with Crippen molar-refractivity contribution in [3.8, 4) is 33.4 Å². The van der Waals surface area contributed by atoms with E-state index in [9.17, 15) is 0 Å². The van der Waals surface area contributed by atoms with E-state index in [-0.39, 0.29) is 21.7 Å². The molecule has 0 N–H and O–H groups in total. The first kappa shape index (κ1) is 37.2. The number of rotatable bonds is 4. The molecule has 14 rings (SSSR count). The Bertz CT molecular complexity index is 2990. The lowest BCUT2D eigenvalue weighted by molar-refractivity contribution is -0.0399. The van der Waals surface area contributed by atoms with Gasteiger partial charge < -0.3 is 4.90 Å². The standard InChI is InChI=1S/C61H59N/c1-58(2)26-27-59(3,4)56-34-43(23-25-53(56)58)62(42-22-24-48-46-17-9-11-20-51(46)60(5,6)54(48)33-42)57-36-55-49(35-50(57)45-19-13-15-39-14-7-8-16-44(39)45)47-18-10-12-21-52(47)61(55)40-29-37-28-38(31-40)32-41(61)30-37/h7-25,33-38,40-41H,26-32H2,1-6H3. The van der Waals surface area contributed by atoms with E-state index in [1.165, 1.54) is 128 Å². The van der Waals surface area contributed by atoms with E-state index < -0.39 is 0 Å². The molecule has 1 spiro atoms. The number of anilines is 3. The highest BCUT2D eigenvalue weighted by molar-refractivity contribution is 6.04. The molecule has 1 nitrogen and oxygen atoms in total. The molecule has 7 aromatic rings. The van der Waals surface area contributed by atoms with Gasteiger partial charge in [0.15, 0.2) is 0 Å². The molecule has 0 saturated heterocycles. The van der Waals surface area contributed by atoms with Crippen LogP contribution in [0.4, 0.5) is 17.1 Å². The molecule has 4 fully saturated rings. The molecule has 0 atom stereocenters. The van der Waals surface area contributed by atoms with E-state index in [0.29, 0.717) is 11.8 Å². The summed E-state index contributed by atoms with van der Waals surface area (Å²) < 4.78 is 0. The Kier molecular flexibility index (Phi) is 7.57. The first-order valence-corrected chi connectivity index (χ1v) is 23.9. The lowest BCUT2D eigenvalue weighted by Crippen LogP contribution is -2.55. The largest absolute Gasteiger partial charge is 0.310 e. The Balaban J connectivity index is 1.14. The lowest BCUT2D eigenvalue weighted by atomic mass is 9.43. The molecule has 0 unspecified atom stereocenters. The van der Waals surface area contributed by atoms with Crippen molar-refractivity contribution in [2.45, 2.75) is 108 Å². The lowest BCUT2D eigenvalue weighted by Gasteiger charge is -2.61. The molecule has 0 aliphatic heterocycles. The van der Waals surface area contributed by atoms with E-state index >= 15 is 0 Å². The molecule has 7 aromatic carbocycles. The Hall–Kier alpha value is -5.40. The van der Waals surface area contributed by atoms with Crippen LogP contribution in [0.3, 0.4) is 0 Å². The zero-order valence-corrected chi connectivity index (χ0v) is 37.5. The highest BCUT2D eigenvalue weighted by Crippen LogP contribution is 2.70. The minimum Gasteiger partial charge on any atom is -0.310 e. The molecular formula is C61H59N. The topological polar surface area (TPSA) is 3.24 Å². The van der Waals surface area contributed by atoms with Crippen LogP contribution >= 0.6 is 0 Å². The normalized spacial score (nSPS) is 25.9. The number of hydrogen-bond acceptors (Lipinski definition) is 1. The fourth-order valence-corrected chi connectivity index (χ4v) is 15.0. The minimum absolute atomic E-state index is 0.0560. The Morgan fingerprint density at radius 3 is 1.71 bits per heavy atom. The predicted molar refractivity (Wildman–Crippen MR) is 260 cm³/mol. The fraction of sp³-hybridized carbons (Fsp3) is 0.344. The molecule has 0 amide bonds. The molecule has 7 aliphatic carbocycles. The molecule has 62 heavy (non-hydrogen) atoms. The van der Waals surface area contributed by atoms with Gasteiger partial charge in [-0.1, -0.05) is 145 Å². The van der Waals surface area contributed by atoms with Crippen molar-refractivity contribution < 1.29 is 0 Å². The van der Waals surface area contributed by atoms with Crippen molar-refractivity contribution >= 4 is 27.8 Å². The summed E-state index contributed by atoms with van der Waals surface area (Å²) in [5.41, 5.74) is 21.4. The summed E-state index contributed by atoms with van der Waals surface area (Å²) in [7, 11) is 0. The maximum absolute atomic E-state index is 2.76. The second kappa shape index (κ2) is 12.6. The predicted octanol–water partition coefficient (Wildman–Crippen LogP) is 16.4. The first-order chi connectivity index (χ1) is 29.9. The van der Waals surface area contributed by atoms with Crippen LogP contribution in [-0.2, 0) is 21.7 Å². The molecule has 7 aliphatic rings. The van der Waals surface area contributed by atoms with Gasteiger partial charge in [0, 0.05) is 27.8 Å². The van der Waals surface area contributed by atoms with Crippen LogP contribution in [0.1, 0.15) is 120 Å². The Morgan fingerprint density at radius 2 is 0.968 bits per heavy atom. The van der Waals surface area contributed by atoms with Crippen molar-refractivity contribution in [2.24, 2.45) is 23.7 Å². The highest BCUT2D eigenvalue weighted by Gasteiger charge is 2.61. The van der Waals surface area contributed by atoms with Crippen LogP contribution in [-0.4, -0.2) is 0 Å². The highest BCUT2D eigenvalue weighted by atomic mass is 15.1. The molecule has 4 bridgehead atoms. The quantitative estimate of drug-likeness (QED) is 0.171. The van der Waals surface area contributed by atoms with Gasteiger partial charge in [-0.05, 0) is 188 Å². The molecular weight excluding hydrogens is 747 g/mol. The molecule has 0 heterocycles. The van der Waals surface area contributed by atoms with E-state index in [1.807, 2.05) is 0 Å². The molecule has 0 aromatic heterocycles. The van der Waals surface area contributed by atoms with Crippen LogP contribution in [0.2, 0.25) is 0 Å². The van der Waals surface area contributed by atoms with Crippen LogP contribution in [0.15, 0.2) is 140 Å². The second-order valence-corrected chi connectivity index (χ2v) is 22.4. The number of fused-ring (bicyclic) bond motifs is 8. The van der Waals surface area contributed by atoms with Gasteiger partial charge >= 0.3 is 0 Å². The maximum Gasteiger partial charge on any atom is 0.0543 e. The summed E-state index contributed by atoms with van der Waals surface area (Å²) in [5.74, 6) is 3.17. The van der Waals surface area contributed by atoms with E-state index in [0.717, 1.165) is 11.8 Å². The van der Waals surface area contributed by atoms with Crippen LogP contribution < -0.4 is 4.90 Å². The van der Waals surface area contributed by atoms with Crippen molar-refractivity contribution in [3.63, 3.8) is 0 Å². The molecule has 4 saturated carbocycles. The summed E-state index contributed by atoms with van der Waals surface area (Å²) in [5, 5.41) is 2.60. The summed E-state index contributed by atoms with van der Waals surface area (Å²) >= 11 is 0. The van der Waals surface area contributed by atoms with Crippen LogP contribution in [0.5, 0.6) is 0 Å². The average Bonchev–Trinajstić information content (AvgIpc) is 3.68. The average molecular weight is 806 g/mol. The smallest absolute Gasteiger partial charge is 0.0543 e. The Morgan fingerprint density at radius 1 is 0.403 bits per heavy atom. The van der Waals surface area contributed by atoms with Gasteiger partial charge in [0.2, 0.25) is 0 Å². The van der Waals surface area contributed by atoms with Crippen LogP contribution in [0, 0.1) is 23.7 Å². The van der Waals surface area contributed by atoms with Crippen molar-refractivity contribution in [3.05, 3.63) is 173 Å². The summed E-state index contributed by atoms with van der Waals surface area (Å²) in [6, 6.07) is 55.2. The second-order valence-electron chi connectivity index (χ2n) is 22.4. The van der Waals surface area contributed by atoms with Gasteiger partial charge in [-0.2, -0.15) is 0 Å². The van der Waals surface area contributed by atoms with Crippen molar-refractivity contribution in [1.29, 1.82) is 0 Å². The van der Waals surface area contributed by atoms with Gasteiger partial charge in [-0.25, -0.2) is 0 Å². The minimum atomic E-state index is -0.113. The molecule has 0 radical (unpaired) electrons. The monoisotopic (exact) mass is 805 g/mol. The molecule has 308 valence electrons. The summed E-state index contributed by atoms with van der Waals surface area (Å²) in [6.07, 6.45) is 9.36. The van der Waals surface area contributed by atoms with Gasteiger partial charge in [-0.15, -0.1) is 0 Å². The zero-order chi connectivity index (χ0) is 41.9. The van der Waals surface area contributed by atoms with Gasteiger partial charge in [0.25, 0.3) is 0 Å². The third-order valence-corrected chi connectivity index (χ3v) is 17.9. The zero-order valence-electron chi connectivity index (χ0n) is 37.5. The third kappa shape index (κ3) is 4.92. The maximum atomic E-state index is 2.76. The number of hydrogen-bond donors (Lipinski definition) is 0.